The molecule has 0 aliphatic heterocycles. The summed E-state index contributed by atoms with van der Waals surface area (Å²) < 4.78 is 10.5. The van der Waals surface area contributed by atoms with Crippen molar-refractivity contribution in [2.45, 2.75) is 25.0 Å². The van der Waals surface area contributed by atoms with E-state index in [9.17, 15) is 10.1 Å². The highest BCUT2D eigenvalue weighted by Crippen LogP contribution is 2.33. The normalized spacial score (nSPS) is 22.7. The number of nitro benzene ring substituents is 1. The molecule has 1 aliphatic carbocycles. The molecule has 2 rings (SSSR count). The molecule has 1 aromatic rings. The number of hydrogen-bond donors (Lipinski definition) is 1. The first kappa shape index (κ1) is 11.7. The Bertz CT molecular complexity index is 429. The van der Waals surface area contributed by atoms with Gasteiger partial charge in [0.2, 0.25) is 0 Å². The van der Waals surface area contributed by atoms with E-state index in [4.69, 9.17) is 15.2 Å². The molecule has 0 unspecified atom stereocenters. The van der Waals surface area contributed by atoms with Crippen LogP contribution in [0, 0.1) is 10.1 Å². The smallest absolute Gasteiger partial charge is 0.314 e. The summed E-state index contributed by atoms with van der Waals surface area (Å²) in [6.45, 7) is 0. The summed E-state index contributed by atoms with van der Waals surface area (Å²) in [6.07, 6.45) is 1.65. The second kappa shape index (κ2) is 4.58. The molecule has 0 heterocycles. The molecule has 2 N–H and O–H groups in total. The minimum absolute atomic E-state index is 0.0676. The molecule has 0 amide bonds. The maximum absolute atomic E-state index is 10.8. The standard InChI is InChI=1S/C11H14N2O4/c1-16-11-3-2-8(6-10(11)13(14)15)17-9-4-7(12)5-9/h2-3,6-7,9H,4-5,12H2,1H3. The molecule has 1 fully saturated rings. The average molecular weight is 238 g/mol. The number of benzene rings is 1. The van der Waals surface area contributed by atoms with E-state index in [1.54, 1.807) is 6.07 Å². The van der Waals surface area contributed by atoms with Crippen LogP contribution in [0.1, 0.15) is 12.8 Å². The summed E-state index contributed by atoms with van der Waals surface area (Å²) >= 11 is 0. The van der Waals surface area contributed by atoms with Crippen molar-refractivity contribution >= 4 is 5.69 Å². The second-order valence-corrected chi connectivity index (χ2v) is 4.06. The first-order valence-corrected chi connectivity index (χ1v) is 5.35. The summed E-state index contributed by atoms with van der Waals surface area (Å²) in [6, 6.07) is 4.76. The molecule has 1 saturated carbocycles. The fraction of sp³-hybridized carbons (Fsp3) is 0.455. The number of nitrogens with zero attached hydrogens (tertiary/aromatic N) is 1. The first-order valence-electron chi connectivity index (χ1n) is 5.35. The zero-order chi connectivity index (χ0) is 12.4. The minimum Gasteiger partial charge on any atom is -0.490 e. The Morgan fingerprint density at radius 3 is 2.71 bits per heavy atom. The summed E-state index contributed by atoms with van der Waals surface area (Å²) in [5, 5.41) is 10.8. The van der Waals surface area contributed by atoms with Gasteiger partial charge >= 0.3 is 5.69 Å². The highest BCUT2D eigenvalue weighted by atomic mass is 16.6. The molecule has 0 bridgehead atoms. The molecule has 17 heavy (non-hydrogen) atoms. The van der Waals surface area contributed by atoms with E-state index in [0.29, 0.717) is 5.75 Å². The maximum Gasteiger partial charge on any atom is 0.314 e. The molecule has 0 saturated heterocycles. The molecule has 1 aliphatic rings. The Morgan fingerprint density at radius 1 is 1.47 bits per heavy atom. The molecule has 0 radical (unpaired) electrons. The Labute approximate surface area is 98.5 Å². The van der Waals surface area contributed by atoms with Crippen LogP contribution in [0.3, 0.4) is 0 Å². The van der Waals surface area contributed by atoms with E-state index >= 15 is 0 Å². The van der Waals surface area contributed by atoms with E-state index in [1.165, 1.54) is 19.2 Å². The van der Waals surface area contributed by atoms with E-state index in [-0.39, 0.29) is 23.6 Å². The SMILES string of the molecule is COc1ccc(OC2CC(N)C2)cc1[N+](=O)[O-]. The Hall–Kier alpha value is -1.82. The van der Waals surface area contributed by atoms with Crippen molar-refractivity contribution in [1.82, 2.24) is 0 Å². The van der Waals surface area contributed by atoms with Crippen LogP contribution in [0.15, 0.2) is 18.2 Å². The van der Waals surface area contributed by atoms with Crippen molar-refractivity contribution in [3.8, 4) is 11.5 Å². The van der Waals surface area contributed by atoms with Crippen LogP contribution in [-0.2, 0) is 0 Å². The van der Waals surface area contributed by atoms with Crippen LogP contribution in [0.5, 0.6) is 11.5 Å². The van der Waals surface area contributed by atoms with Gasteiger partial charge in [-0.3, -0.25) is 10.1 Å². The van der Waals surface area contributed by atoms with Gasteiger partial charge in [0.1, 0.15) is 11.9 Å². The number of nitrogens with two attached hydrogens (primary N) is 1. The van der Waals surface area contributed by atoms with Gasteiger partial charge in [-0.2, -0.15) is 0 Å². The Kier molecular flexibility index (Phi) is 3.14. The summed E-state index contributed by atoms with van der Waals surface area (Å²) in [5.41, 5.74) is 5.55. The van der Waals surface area contributed by atoms with Crippen LogP contribution in [-0.4, -0.2) is 24.2 Å². The third-order valence-electron chi connectivity index (χ3n) is 2.78. The van der Waals surface area contributed by atoms with Crippen molar-refractivity contribution in [2.24, 2.45) is 5.73 Å². The van der Waals surface area contributed by atoms with Crippen LogP contribution in [0.4, 0.5) is 5.69 Å². The van der Waals surface area contributed by atoms with Gasteiger partial charge in [0.25, 0.3) is 0 Å². The zero-order valence-corrected chi connectivity index (χ0v) is 9.46. The van der Waals surface area contributed by atoms with Crippen LogP contribution in [0.25, 0.3) is 0 Å². The molecular weight excluding hydrogens is 224 g/mol. The van der Waals surface area contributed by atoms with Crippen molar-refractivity contribution in [3.05, 3.63) is 28.3 Å². The summed E-state index contributed by atoms with van der Waals surface area (Å²) in [5.74, 6) is 0.710. The average Bonchev–Trinajstić information content (AvgIpc) is 2.27. The second-order valence-electron chi connectivity index (χ2n) is 4.06. The Morgan fingerprint density at radius 2 is 2.18 bits per heavy atom. The van der Waals surface area contributed by atoms with Gasteiger partial charge in [-0.05, 0) is 25.0 Å². The first-order chi connectivity index (χ1) is 8.10. The molecular formula is C11H14N2O4. The predicted octanol–water partition coefficient (Wildman–Crippen LogP) is 1.47. The molecule has 92 valence electrons. The van der Waals surface area contributed by atoms with E-state index in [0.717, 1.165) is 12.8 Å². The lowest BCUT2D eigenvalue weighted by atomic mass is 9.90. The molecule has 0 aromatic heterocycles. The van der Waals surface area contributed by atoms with Crippen molar-refractivity contribution in [2.75, 3.05) is 7.11 Å². The van der Waals surface area contributed by atoms with E-state index in [1.807, 2.05) is 0 Å². The summed E-state index contributed by atoms with van der Waals surface area (Å²) in [4.78, 5) is 10.3. The number of nitro groups is 1. The van der Waals surface area contributed by atoms with Crippen molar-refractivity contribution < 1.29 is 14.4 Å². The number of ether oxygens (including phenoxy) is 2. The number of methoxy groups -OCH3 is 1. The van der Waals surface area contributed by atoms with Gasteiger partial charge in [0.15, 0.2) is 5.75 Å². The Balaban J connectivity index is 2.13. The molecule has 6 nitrogen and oxygen atoms in total. The predicted molar refractivity (Wildman–Crippen MR) is 61.3 cm³/mol. The van der Waals surface area contributed by atoms with Crippen LogP contribution >= 0.6 is 0 Å². The van der Waals surface area contributed by atoms with Gasteiger partial charge < -0.3 is 15.2 Å². The number of hydrogen-bond acceptors (Lipinski definition) is 5. The van der Waals surface area contributed by atoms with Gasteiger partial charge in [0, 0.05) is 6.04 Å². The number of rotatable bonds is 4. The van der Waals surface area contributed by atoms with Gasteiger partial charge in [-0.15, -0.1) is 0 Å². The maximum atomic E-state index is 10.8. The quantitative estimate of drug-likeness (QED) is 0.634. The van der Waals surface area contributed by atoms with Crippen molar-refractivity contribution in [1.29, 1.82) is 0 Å². The third-order valence-corrected chi connectivity index (χ3v) is 2.78. The molecule has 0 atom stereocenters. The minimum atomic E-state index is -0.488. The van der Waals surface area contributed by atoms with Gasteiger partial charge in [-0.1, -0.05) is 0 Å². The summed E-state index contributed by atoms with van der Waals surface area (Å²) in [7, 11) is 1.40. The van der Waals surface area contributed by atoms with E-state index < -0.39 is 4.92 Å². The van der Waals surface area contributed by atoms with Crippen LogP contribution < -0.4 is 15.2 Å². The van der Waals surface area contributed by atoms with E-state index in [2.05, 4.69) is 0 Å². The van der Waals surface area contributed by atoms with Crippen LogP contribution in [0.2, 0.25) is 0 Å². The fourth-order valence-electron chi connectivity index (χ4n) is 1.78. The highest BCUT2D eigenvalue weighted by Gasteiger charge is 2.28. The van der Waals surface area contributed by atoms with Gasteiger partial charge in [0.05, 0.1) is 18.1 Å². The van der Waals surface area contributed by atoms with Crippen molar-refractivity contribution in [3.63, 3.8) is 0 Å². The lowest BCUT2D eigenvalue weighted by Gasteiger charge is -2.32. The highest BCUT2D eigenvalue weighted by molar-refractivity contribution is 5.50. The molecule has 6 heteroatoms. The third kappa shape index (κ3) is 2.47. The lowest BCUT2D eigenvalue weighted by molar-refractivity contribution is -0.385. The molecule has 0 spiro atoms. The zero-order valence-electron chi connectivity index (χ0n) is 9.46. The topological polar surface area (TPSA) is 87.6 Å². The largest absolute Gasteiger partial charge is 0.490 e. The monoisotopic (exact) mass is 238 g/mol. The lowest BCUT2D eigenvalue weighted by Crippen LogP contribution is -2.43. The van der Waals surface area contributed by atoms with Gasteiger partial charge in [-0.25, -0.2) is 0 Å². The fourth-order valence-corrected chi connectivity index (χ4v) is 1.78. The molecule has 1 aromatic carbocycles.